The molecule has 0 aliphatic rings. The topological polar surface area (TPSA) is 86.8 Å². The molecule has 1 atom stereocenters. The highest BCUT2D eigenvalue weighted by atomic mass is 35.5. The first-order valence-corrected chi connectivity index (χ1v) is 14.1. The van der Waals surface area contributed by atoms with E-state index in [1.807, 2.05) is 13.8 Å². The zero-order valence-electron chi connectivity index (χ0n) is 21.4. The van der Waals surface area contributed by atoms with Crippen LogP contribution in [0.1, 0.15) is 44.7 Å². The van der Waals surface area contributed by atoms with Crippen LogP contribution < -0.4 is 9.62 Å². The minimum Gasteiger partial charge on any atom is -0.354 e. The van der Waals surface area contributed by atoms with Crippen LogP contribution in [0.5, 0.6) is 0 Å². The number of hydrogen-bond donors (Lipinski definition) is 1. The smallest absolute Gasteiger partial charge is 0.242 e. The predicted octanol–water partition coefficient (Wildman–Crippen LogP) is 4.52. The molecule has 0 fully saturated rings. The average Bonchev–Trinajstić information content (AvgIpc) is 2.80. The fourth-order valence-electron chi connectivity index (χ4n) is 3.68. The molecule has 0 radical (unpaired) electrons. The average molecular weight is 540 g/mol. The second-order valence-corrected chi connectivity index (χ2v) is 11.6. The summed E-state index contributed by atoms with van der Waals surface area (Å²) in [5.74, 6) is -0.944. The molecule has 0 bridgehead atoms. The first kappa shape index (κ1) is 29.6. The van der Waals surface area contributed by atoms with Crippen molar-refractivity contribution in [2.75, 3.05) is 23.7 Å². The van der Waals surface area contributed by atoms with Crippen LogP contribution >= 0.6 is 11.6 Å². The van der Waals surface area contributed by atoms with Crippen LogP contribution in [0.25, 0.3) is 0 Å². The van der Waals surface area contributed by atoms with E-state index in [0.717, 1.165) is 11.8 Å². The molecule has 0 saturated carbocycles. The van der Waals surface area contributed by atoms with Gasteiger partial charge in [0, 0.05) is 36.6 Å². The van der Waals surface area contributed by atoms with E-state index in [9.17, 15) is 22.4 Å². The van der Waals surface area contributed by atoms with Crippen molar-refractivity contribution < 1.29 is 22.4 Å². The zero-order valence-corrected chi connectivity index (χ0v) is 23.0. The fraction of sp³-hybridized carbons (Fsp3) is 0.462. The number of benzene rings is 2. The summed E-state index contributed by atoms with van der Waals surface area (Å²) < 4.78 is 40.6. The molecule has 2 amide bonds. The van der Waals surface area contributed by atoms with E-state index in [0.29, 0.717) is 22.8 Å². The molecule has 0 aliphatic carbocycles. The highest BCUT2D eigenvalue weighted by Gasteiger charge is 2.27. The minimum atomic E-state index is -3.64. The second kappa shape index (κ2) is 13.1. The molecular weight excluding hydrogens is 505 g/mol. The molecular formula is C26H35ClFN3O4S. The maximum absolute atomic E-state index is 14.4. The number of halogens is 2. The van der Waals surface area contributed by atoms with Crippen molar-refractivity contribution in [3.05, 3.63) is 64.4 Å². The van der Waals surface area contributed by atoms with E-state index in [1.165, 1.54) is 15.3 Å². The summed E-state index contributed by atoms with van der Waals surface area (Å²) in [5, 5.41) is 3.22. The predicted molar refractivity (Wildman–Crippen MR) is 142 cm³/mol. The maximum atomic E-state index is 14.4. The monoisotopic (exact) mass is 539 g/mol. The van der Waals surface area contributed by atoms with Crippen LogP contribution in [0, 0.1) is 18.7 Å². The van der Waals surface area contributed by atoms with Crippen LogP contribution in [0.4, 0.5) is 10.1 Å². The number of aryl methyl sites for hydroxylation is 1. The molecule has 198 valence electrons. The Balaban J connectivity index is 2.21. The van der Waals surface area contributed by atoms with Crippen LogP contribution in [0.2, 0.25) is 5.02 Å². The fourth-order valence-corrected chi connectivity index (χ4v) is 4.86. The molecule has 36 heavy (non-hydrogen) atoms. The Morgan fingerprint density at radius 2 is 1.78 bits per heavy atom. The van der Waals surface area contributed by atoms with E-state index < -0.39 is 21.9 Å². The third-order valence-electron chi connectivity index (χ3n) is 5.74. The van der Waals surface area contributed by atoms with Crippen LogP contribution in [-0.4, -0.2) is 50.5 Å². The first-order chi connectivity index (χ1) is 16.8. The Kier molecular flexibility index (Phi) is 10.7. The number of anilines is 1. The molecule has 10 heteroatoms. The van der Waals surface area contributed by atoms with Crippen LogP contribution in [-0.2, 0) is 26.2 Å². The molecule has 0 aromatic heterocycles. The molecule has 2 aromatic carbocycles. The first-order valence-electron chi connectivity index (χ1n) is 11.9. The van der Waals surface area contributed by atoms with E-state index in [4.69, 9.17) is 11.6 Å². The van der Waals surface area contributed by atoms with Crippen molar-refractivity contribution in [3.63, 3.8) is 0 Å². The SMILES string of the molecule is Cc1ccc(Cl)cc1N(CCCC(=O)N(Cc1ccccc1F)[C@@H](C)C(=O)NCC(C)C)S(C)(=O)=O. The summed E-state index contributed by atoms with van der Waals surface area (Å²) in [6.45, 7) is 7.73. The summed E-state index contributed by atoms with van der Waals surface area (Å²) in [5.41, 5.74) is 1.47. The summed E-state index contributed by atoms with van der Waals surface area (Å²) in [7, 11) is -3.64. The third kappa shape index (κ3) is 8.48. The number of sulfonamides is 1. The third-order valence-corrected chi connectivity index (χ3v) is 7.16. The van der Waals surface area contributed by atoms with Gasteiger partial charge in [-0.3, -0.25) is 13.9 Å². The van der Waals surface area contributed by atoms with Gasteiger partial charge in [-0.2, -0.15) is 0 Å². The number of hydrogen-bond acceptors (Lipinski definition) is 4. The molecule has 0 spiro atoms. The molecule has 0 unspecified atom stereocenters. The number of nitrogens with zero attached hydrogens (tertiary/aromatic N) is 2. The van der Waals surface area contributed by atoms with Gasteiger partial charge in [0.25, 0.3) is 0 Å². The largest absolute Gasteiger partial charge is 0.354 e. The molecule has 7 nitrogen and oxygen atoms in total. The van der Waals surface area contributed by atoms with Gasteiger partial charge in [-0.25, -0.2) is 12.8 Å². The quantitative estimate of drug-likeness (QED) is 0.429. The Morgan fingerprint density at radius 3 is 2.39 bits per heavy atom. The lowest BCUT2D eigenvalue weighted by Gasteiger charge is -2.30. The van der Waals surface area contributed by atoms with E-state index in [1.54, 1.807) is 50.2 Å². The van der Waals surface area contributed by atoms with Gasteiger partial charge in [-0.05, 0) is 49.9 Å². The van der Waals surface area contributed by atoms with Gasteiger partial charge in [0.15, 0.2) is 0 Å². The number of carbonyl (C=O) groups is 2. The van der Waals surface area contributed by atoms with Gasteiger partial charge in [-0.15, -0.1) is 0 Å². The Bertz CT molecular complexity index is 1170. The van der Waals surface area contributed by atoms with Crippen LogP contribution in [0.3, 0.4) is 0 Å². The number of rotatable bonds is 12. The lowest BCUT2D eigenvalue weighted by molar-refractivity contribution is -0.140. The molecule has 1 N–H and O–H groups in total. The minimum absolute atomic E-state index is 0.0259. The van der Waals surface area contributed by atoms with Gasteiger partial charge < -0.3 is 10.2 Å². The van der Waals surface area contributed by atoms with Gasteiger partial charge in [0.1, 0.15) is 11.9 Å². The lowest BCUT2D eigenvalue weighted by Crippen LogP contribution is -2.48. The number of amides is 2. The van der Waals surface area contributed by atoms with Crippen molar-refractivity contribution in [3.8, 4) is 0 Å². The summed E-state index contributed by atoms with van der Waals surface area (Å²) in [6, 6.07) is 10.2. The molecule has 2 aromatic rings. The maximum Gasteiger partial charge on any atom is 0.242 e. The zero-order chi connectivity index (χ0) is 27.0. The summed E-state index contributed by atoms with van der Waals surface area (Å²) >= 11 is 6.09. The van der Waals surface area contributed by atoms with Crippen LogP contribution in [0.15, 0.2) is 42.5 Å². The van der Waals surface area contributed by atoms with Gasteiger partial charge in [-0.1, -0.05) is 49.7 Å². The van der Waals surface area contributed by atoms with Crippen molar-refractivity contribution in [2.24, 2.45) is 5.92 Å². The number of carbonyl (C=O) groups excluding carboxylic acids is 2. The van der Waals surface area contributed by atoms with E-state index >= 15 is 0 Å². The highest BCUT2D eigenvalue weighted by Crippen LogP contribution is 2.27. The summed E-state index contributed by atoms with van der Waals surface area (Å²) in [4.78, 5) is 27.3. The van der Waals surface area contributed by atoms with Gasteiger partial charge in [0.05, 0.1) is 11.9 Å². The molecule has 0 aliphatic heterocycles. The Morgan fingerprint density at radius 1 is 1.11 bits per heavy atom. The standard InChI is InChI=1S/C26H35ClFN3O4S/c1-18(2)16-29-26(33)20(4)30(17-21-9-6-7-10-23(21)28)25(32)11-8-14-31(36(5,34)35)24-15-22(27)13-12-19(24)3/h6-7,9-10,12-13,15,18,20H,8,11,14,16-17H2,1-5H3,(H,29,33)/t20-/m0/s1. The molecule has 0 saturated heterocycles. The second-order valence-electron chi connectivity index (χ2n) is 9.30. The summed E-state index contributed by atoms with van der Waals surface area (Å²) in [6.07, 6.45) is 1.27. The van der Waals surface area contributed by atoms with Gasteiger partial charge in [0.2, 0.25) is 21.8 Å². The van der Waals surface area contributed by atoms with E-state index in [2.05, 4.69) is 5.32 Å². The van der Waals surface area contributed by atoms with Gasteiger partial charge >= 0.3 is 0 Å². The Hall–Kier alpha value is -2.65. The Labute approximate surface area is 218 Å². The lowest BCUT2D eigenvalue weighted by atomic mass is 10.1. The van der Waals surface area contributed by atoms with Crippen molar-refractivity contribution in [2.45, 2.75) is 53.1 Å². The molecule has 2 rings (SSSR count). The van der Waals surface area contributed by atoms with Crippen molar-refractivity contribution in [1.29, 1.82) is 0 Å². The van der Waals surface area contributed by atoms with Crippen molar-refractivity contribution in [1.82, 2.24) is 10.2 Å². The van der Waals surface area contributed by atoms with Crippen molar-refractivity contribution >= 4 is 39.1 Å². The highest BCUT2D eigenvalue weighted by molar-refractivity contribution is 7.92. The molecule has 0 heterocycles. The number of nitrogens with one attached hydrogen (secondary N) is 1. The normalized spacial score (nSPS) is 12.3. The van der Waals surface area contributed by atoms with E-state index in [-0.39, 0.29) is 43.7 Å².